The van der Waals surface area contributed by atoms with Crippen LogP contribution < -0.4 is 4.90 Å². The molecule has 3 rings (SSSR count). The molecule has 1 unspecified atom stereocenters. The second kappa shape index (κ2) is 8.31. The fraction of sp³-hybridized carbons (Fsp3) is 0.375. The van der Waals surface area contributed by atoms with E-state index in [2.05, 4.69) is 86.7 Å². The van der Waals surface area contributed by atoms with Gasteiger partial charge in [-0.15, -0.1) is 0 Å². The maximum absolute atomic E-state index is 6.61. The summed E-state index contributed by atoms with van der Waals surface area (Å²) in [5.41, 5.74) is 5.89. The summed E-state index contributed by atoms with van der Waals surface area (Å²) in [5.74, 6) is 0. The zero-order valence-corrected chi connectivity index (χ0v) is 18.9. The third kappa shape index (κ3) is 3.60. The van der Waals surface area contributed by atoms with Crippen LogP contribution in [-0.4, -0.2) is 30.4 Å². The van der Waals surface area contributed by atoms with Crippen molar-refractivity contribution in [3.05, 3.63) is 63.6 Å². The molecular formula is C24H29Cl2N2+. The molecule has 0 N–H and O–H groups in total. The van der Waals surface area contributed by atoms with Crippen LogP contribution in [-0.2, 0) is 5.41 Å². The van der Waals surface area contributed by atoms with E-state index in [1.807, 2.05) is 6.07 Å². The number of benzene rings is 2. The van der Waals surface area contributed by atoms with Gasteiger partial charge in [0.2, 0.25) is 5.69 Å². The summed E-state index contributed by atoms with van der Waals surface area (Å²) < 4.78 is 2.27. The molecule has 2 nitrogen and oxygen atoms in total. The van der Waals surface area contributed by atoms with Crippen LogP contribution in [0.25, 0.3) is 6.08 Å². The van der Waals surface area contributed by atoms with Gasteiger partial charge in [-0.3, -0.25) is 0 Å². The Kier molecular flexibility index (Phi) is 6.21. The Labute approximate surface area is 179 Å². The average molecular weight is 416 g/mol. The molecule has 0 aromatic heterocycles. The second-order valence-electron chi connectivity index (χ2n) is 7.50. The molecule has 1 aliphatic heterocycles. The third-order valence-electron chi connectivity index (χ3n) is 6.08. The van der Waals surface area contributed by atoms with Gasteiger partial charge in [-0.25, -0.2) is 0 Å². The number of fused-ring (bicyclic) bond motifs is 1. The van der Waals surface area contributed by atoms with Gasteiger partial charge >= 0.3 is 0 Å². The SMILES string of the molecule is CCN(CC)c1ccc(/C=C/C2=[N+](C)c3ccc(Cl)cc3C2(C)CC)c(Cl)c1. The zero-order chi connectivity index (χ0) is 20.5. The maximum atomic E-state index is 6.61. The number of hydrogen-bond donors (Lipinski definition) is 0. The van der Waals surface area contributed by atoms with Crippen molar-refractivity contribution < 1.29 is 4.58 Å². The summed E-state index contributed by atoms with van der Waals surface area (Å²) in [6, 6.07) is 12.5. The molecule has 0 saturated heterocycles. The van der Waals surface area contributed by atoms with E-state index in [1.165, 1.54) is 22.6 Å². The van der Waals surface area contributed by atoms with Crippen LogP contribution in [0.15, 0.2) is 42.5 Å². The average Bonchev–Trinajstić information content (AvgIpc) is 2.89. The fourth-order valence-corrected chi connectivity index (χ4v) is 4.56. The monoisotopic (exact) mass is 415 g/mol. The first-order chi connectivity index (χ1) is 13.3. The van der Waals surface area contributed by atoms with Crippen LogP contribution in [0.4, 0.5) is 11.4 Å². The summed E-state index contributed by atoms with van der Waals surface area (Å²) in [6.07, 6.45) is 5.33. The van der Waals surface area contributed by atoms with Crippen molar-refractivity contribution in [2.24, 2.45) is 0 Å². The van der Waals surface area contributed by atoms with Crippen LogP contribution in [0, 0.1) is 0 Å². The molecule has 0 bridgehead atoms. The topological polar surface area (TPSA) is 6.25 Å². The molecule has 2 aromatic rings. The summed E-state index contributed by atoms with van der Waals surface area (Å²) in [5, 5.41) is 1.56. The van der Waals surface area contributed by atoms with E-state index in [-0.39, 0.29) is 5.41 Å². The van der Waals surface area contributed by atoms with E-state index in [4.69, 9.17) is 23.2 Å². The van der Waals surface area contributed by atoms with Gasteiger partial charge in [0.1, 0.15) is 7.05 Å². The highest BCUT2D eigenvalue weighted by Gasteiger charge is 2.45. The van der Waals surface area contributed by atoms with Gasteiger partial charge in [0.25, 0.3) is 0 Å². The lowest BCUT2D eigenvalue weighted by atomic mass is 9.77. The van der Waals surface area contributed by atoms with Crippen molar-refractivity contribution in [3.8, 4) is 0 Å². The van der Waals surface area contributed by atoms with E-state index in [1.54, 1.807) is 0 Å². The number of anilines is 1. The Bertz CT molecular complexity index is 942. The van der Waals surface area contributed by atoms with E-state index in [0.29, 0.717) is 0 Å². The number of rotatable bonds is 6. The molecule has 0 aliphatic carbocycles. The van der Waals surface area contributed by atoms with Gasteiger partial charge in [0.15, 0.2) is 5.71 Å². The minimum Gasteiger partial charge on any atom is -0.372 e. The normalized spacial score (nSPS) is 18.8. The Balaban J connectivity index is 1.97. The number of nitrogens with zero attached hydrogens (tertiary/aromatic N) is 2. The van der Waals surface area contributed by atoms with Crippen molar-refractivity contribution in [2.75, 3.05) is 25.0 Å². The number of halogens is 2. The largest absolute Gasteiger partial charge is 0.372 e. The Hall–Kier alpha value is -1.77. The number of allylic oxidation sites excluding steroid dienone is 1. The first kappa shape index (κ1) is 21.0. The van der Waals surface area contributed by atoms with Gasteiger partial charge in [0.05, 0.1) is 5.41 Å². The van der Waals surface area contributed by atoms with Crippen molar-refractivity contribution >= 4 is 46.4 Å². The zero-order valence-electron chi connectivity index (χ0n) is 17.4. The highest BCUT2D eigenvalue weighted by Crippen LogP contribution is 2.43. The molecule has 1 heterocycles. The molecule has 0 fully saturated rings. The minimum atomic E-state index is -0.0703. The molecule has 0 spiro atoms. The van der Waals surface area contributed by atoms with Crippen molar-refractivity contribution in [1.82, 2.24) is 0 Å². The fourth-order valence-electron chi connectivity index (χ4n) is 4.15. The van der Waals surface area contributed by atoms with Crippen molar-refractivity contribution in [3.63, 3.8) is 0 Å². The lowest BCUT2D eigenvalue weighted by Crippen LogP contribution is -2.29. The molecule has 2 aromatic carbocycles. The van der Waals surface area contributed by atoms with Crippen LogP contribution >= 0.6 is 23.2 Å². The maximum Gasteiger partial charge on any atom is 0.209 e. The van der Waals surface area contributed by atoms with Crippen molar-refractivity contribution in [2.45, 2.75) is 39.5 Å². The third-order valence-corrected chi connectivity index (χ3v) is 6.64. The Morgan fingerprint density at radius 2 is 1.71 bits per heavy atom. The molecule has 4 heteroatoms. The van der Waals surface area contributed by atoms with E-state index >= 15 is 0 Å². The van der Waals surface area contributed by atoms with Gasteiger partial charge < -0.3 is 4.90 Å². The predicted octanol–water partition coefficient (Wildman–Crippen LogP) is 6.95. The van der Waals surface area contributed by atoms with Gasteiger partial charge in [-0.05, 0) is 63.1 Å². The van der Waals surface area contributed by atoms with E-state index < -0.39 is 0 Å². The predicted molar refractivity (Wildman–Crippen MR) is 124 cm³/mol. The standard InChI is InChI=1S/C24H29Cl2N2/c1-6-24(4)20-15-18(25)11-13-22(20)27(5)23(24)14-10-17-9-12-19(16-21(17)26)28(7-2)8-3/h9-16H,6-8H2,1-5H3/q+1. The Morgan fingerprint density at radius 3 is 2.32 bits per heavy atom. The number of hydrogen-bond acceptors (Lipinski definition) is 1. The first-order valence-electron chi connectivity index (χ1n) is 9.99. The quantitative estimate of drug-likeness (QED) is 0.462. The lowest BCUT2D eigenvalue weighted by Gasteiger charge is -2.21. The molecule has 0 saturated carbocycles. The van der Waals surface area contributed by atoms with Gasteiger partial charge in [0, 0.05) is 46.5 Å². The van der Waals surface area contributed by atoms with E-state index in [0.717, 1.165) is 35.1 Å². The van der Waals surface area contributed by atoms with Crippen LogP contribution in [0.3, 0.4) is 0 Å². The smallest absolute Gasteiger partial charge is 0.209 e. The first-order valence-corrected chi connectivity index (χ1v) is 10.7. The highest BCUT2D eigenvalue weighted by atomic mass is 35.5. The molecule has 0 amide bonds. The summed E-state index contributed by atoms with van der Waals surface area (Å²) >= 11 is 12.9. The summed E-state index contributed by atoms with van der Waals surface area (Å²) in [4.78, 5) is 2.30. The van der Waals surface area contributed by atoms with E-state index in [9.17, 15) is 0 Å². The van der Waals surface area contributed by atoms with Gasteiger partial charge in [-0.1, -0.05) is 36.2 Å². The molecular weight excluding hydrogens is 387 g/mol. The molecule has 1 atom stereocenters. The van der Waals surface area contributed by atoms with Crippen LogP contribution in [0.5, 0.6) is 0 Å². The lowest BCUT2D eigenvalue weighted by molar-refractivity contribution is -0.401. The van der Waals surface area contributed by atoms with Gasteiger partial charge in [-0.2, -0.15) is 4.58 Å². The van der Waals surface area contributed by atoms with Crippen LogP contribution in [0.1, 0.15) is 45.2 Å². The molecule has 1 aliphatic rings. The summed E-state index contributed by atoms with van der Waals surface area (Å²) in [6.45, 7) is 10.8. The minimum absolute atomic E-state index is 0.0703. The molecule has 0 radical (unpaired) electrons. The Morgan fingerprint density at radius 1 is 1.00 bits per heavy atom. The van der Waals surface area contributed by atoms with Crippen LogP contribution in [0.2, 0.25) is 10.0 Å². The molecule has 148 valence electrons. The highest BCUT2D eigenvalue weighted by molar-refractivity contribution is 6.32. The second-order valence-corrected chi connectivity index (χ2v) is 8.35. The van der Waals surface area contributed by atoms with Crippen molar-refractivity contribution in [1.29, 1.82) is 0 Å². The molecule has 28 heavy (non-hydrogen) atoms. The summed E-state index contributed by atoms with van der Waals surface area (Å²) in [7, 11) is 2.12.